The Bertz CT molecular complexity index is 438. The molecule has 0 atom stereocenters. The molecule has 4 nitrogen and oxygen atoms in total. The number of anilines is 1. The highest BCUT2D eigenvalue weighted by molar-refractivity contribution is 6.48. The molecule has 13 heavy (non-hydrogen) atoms. The van der Waals surface area contributed by atoms with Crippen LogP contribution < -0.4 is 5.73 Å². The Morgan fingerprint density at radius 3 is 3.00 bits per heavy atom. The predicted molar refractivity (Wildman–Crippen MR) is 53.4 cm³/mol. The number of benzene rings is 1. The molecule has 0 saturated heterocycles. The highest BCUT2D eigenvalue weighted by Gasteiger charge is 2.10. The Labute approximate surface area is 76.1 Å². The van der Waals surface area contributed by atoms with Crippen LogP contribution in [0.1, 0.15) is 0 Å². The van der Waals surface area contributed by atoms with Crippen LogP contribution in [0, 0.1) is 0 Å². The van der Waals surface area contributed by atoms with Crippen LogP contribution in [0.2, 0.25) is 6.82 Å². The number of fused-ring (bicyclic) bond motifs is 1. The largest absolute Gasteiger partial charge is 0.432 e. The summed E-state index contributed by atoms with van der Waals surface area (Å²) in [4.78, 5) is 4.13. The molecule has 2 aromatic rings. The van der Waals surface area contributed by atoms with Crippen molar-refractivity contribution in [1.82, 2.24) is 9.46 Å². The van der Waals surface area contributed by atoms with Gasteiger partial charge in [0.05, 0.1) is 17.4 Å². The number of rotatable bonds is 1. The molecule has 5 heteroatoms. The minimum absolute atomic E-state index is 0.577. The number of aromatic nitrogens is 2. The van der Waals surface area contributed by atoms with Gasteiger partial charge in [0.1, 0.15) is 0 Å². The molecule has 0 saturated carbocycles. The molecule has 0 amide bonds. The first-order valence-electron chi connectivity index (χ1n) is 4.08. The van der Waals surface area contributed by atoms with Gasteiger partial charge >= 0.3 is 7.05 Å². The van der Waals surface area contributed by atoms with Crippen molar-refractivity contribution in [3.05, 3.63) is 24.5 Å². The van der Waals surface area contributed by atoms with Gasteiger partial charge in [-0.05, 0) is 25.0 Å². The van der Waals surface area contributed by atoms with Crippen LogP contribution in [-0.2, 0) is 0 Å². The maximum atomic E-state index is 9.38. The van der Waals surface area contributed by atoms with Gasteiger partial charge in [0.25, 0.3) is 0 Å². The second-order valence-electron chi connectivity index (χ2n) is 3.03. The minimum Gasteiger partial charge on any atom is -0.432 e. The van der Waals surface area contributed by atoms with Crippen LogP contribution in [0.5, 0.6) is 0 Å². The van der Waals surface area contributed by atoms with Gasteiger partial charge in [-0.15, -0.1) is 0 Å². The normalized spacial score (nSPS) is 10.6. The van der Waals surface area contributed by atoms with Crippen molar-refractivity contribution in [2.45, 2.75) is 6.82 Å². The van der Waals surface area contributed by atoms with Crippen LogP contribution >= 0.6 is 0 Å². The molecule has 2 rings (SSSR count). The van der Waals surface area contributed by atoms with E-state index in [0.717, 1.165) is 11.0 Å². The van der Waals surface area contributed by atoms with Crippen LogP contribution in [0.15, 0.2) is 24.5 Å². The molecule has 0 fully saturated rings. The molecule has 0 radical (unpaired) electrons. The van der Waals surface area contributed by atoms with Gasteiger partial charge in [0, 0.05) is 5.69 Å². The van der Waals surface area contributed by atoms with E-state index in [1.807, 2.05) is 6.07 Å². The van der Waals surface area contributed by atoms with E-state index in [0.29, 0.717) is 5.69 Å². The fourth-order valence-electron chi connectivity index (χ4n) is 1.34. The lowest BCUT2D eigenvalue weighted by Gasteiger charge is -2.02. The molecule has 1 aromatic carbocycles. The average molecular weight is 175 g/mol. The lowest BCUT2D eigenvalue weighted by molar-refractivity contribution is 0.565. The van der Waals surface area contributed by atoms with Crippen molar-refractivity contribution in [2.24, 2.45) is 0 Å². The summed E-state index contributed by atoms with van der Waals surface area (Å²) in [6, 6.07) is 5.43. The standard InChI is InChI=1S/C8H10BN3O/c1-9(13)12-5-11-7-3-2-6(10)4-8(7)12/h2-5,13H,10H2,1H3. The third kappa shape index (κ3) is 1.27. The minimum atomic E-state index is -0.577. The molecule has 0 aliphatic carbocycles. The Hall–Kier alpha value is -1.49. The number of nitrogens with two attached hydrogens (primary N) is 1. The summed E-state index contributed by atoms with van der Waals surface area (Å²) in [7, 11) is -0.577. The summed E-state index contributed by atoms with van der Waals surface area (Å²) in [5.41, 5.74) is 8.00. The monoisotopic (exact) mass is 175 g/mol. The van der Waals surface area contributed by atoms with Crippen molar-refractivity contribution in [1.29, 1.82) is 0 Å². The summed E-state index contributed by atoms with van der Waals surface area (Å²) in [5, 5.41) is 9.38. The first kappa shape index (κ1) is 8.13. The van der Waals surface area contributed by atoms with Crippen LogP contribution in [0.3, 0.4) is 0 Å². The Balaban J connectivity index is 2.71. The van der Waals surface area contributed by atoms with Gasteiger partial charge in [-0.3, -0.25) is 0 Å². The van der Waals surface area contributed by atoms with Crippen LogP contribution in [0.4, 0.5) is 5.69 Å². The summed E-state index contributed by atoms with van der Waals surface area (Å²) < 4.78 is 1.67. The Morgan fingerprint density at radius 1 is 1.54 bits per heavy atom. The number of nitrogens with zero attached hydrogens (tertiary/aromatic N) is 2. The van der Waals surface area contributed by atoms with Crippen molar-refractivity contribution in [3.8, 4) is 0 Å². The fourth-order valence-corrected chi connectivity index (χ4v) is 1.34. The molecular weight excluding hydrogens is 165 g/mol. The first-order chi connectivity index (χ1) is 6.18. The van der Waals surface area contributed by atoms with Gasteiger partial charge in [0.2, 0.25) is 0 Å². The topological polar surface area (TPSA) is 64.1 Å². The van der Waals surface area contributed by atoms with Gasteiger partial charge in [-0.2, -0.15) is 0 Å². The highest BCUT2D eigenvalue weighted by Crippen LogP contribution is 2.15. The molecule has 1 aromatic heterocycles. The number of imidazole rings is 1. The zero-order valence-electron chi connectivity index (χ0n) is 7.31. The molecule has 0 aliphatic heterocycles. The van der Waals surface area contributed by atoms with Crippen LogP contribution in [-0.4, -0.2) is 21.5 Å². The SMILES string of the molecule is CB(O)n1cnc2ccc(N)cc21. The lowest BCUT2D eigenvalue weighted by atomic mass is 9.88. The number of hydrogen-bond acceptors (Lipinski definition) is 3. The van der Waals surface area contributed by atoms with E-state index in [2.05, 4.69) is 4.98 Å². The van der Waals surface area contributed by atoms with Gasteiger partial charge in [-0.25, -0.2) is 4.98 Å². The summed E-state index contributed by atoms with van der Waals surface area (Å²) in [5.74, 6) is 0. The van der Waals surface area contributed by atoms with Crippen molar-refractivity contribution < 1.29 is 5.02 Å². The van der Waals surface area contributed by atoms with E-state index in [9.17, 15) is 5.02 Å². The third-order valence-corrected chi connectivity index (χ3v) is 2.00. The second kappa shape index (κ2) is 2.78. The second-order valence-corrected chi connectivity index (χ2v) is 3.03. The van der Waals surface area contributed by atoms with Gasteiger partial charge < -0.3 is 15.2 Å². The van der Waals surface area contributed by atoms with Gasteiger partial charge in [-0.1, -0.05) is 0 Å². The molecule has 1 heterocycles. The summed E-state index contributed by atoms with van der Waals surface area (Å²) in [6.07, 6.45) is 1.61. The van der Waals surface area contributed by atoms with E-state index >= 15 is 0 Å². The maximum Gasteiger partial charge on any atom is 0.414 e. The smallest absolute Gasteiger partial charge is 0.414 e. The average Bonchev–Trinajstić information content (AvgIpc) is 2.46. The van der Waals surface area contributed by atoms with Gasteiger partial charge in [0.15, 0.2) is 0 Å². The number of nitrogen functional groups attached to an aromatic ring is 1. The zero-order valence-corrected chi connectivity index (χ0v) is 7.31. The molecule has 0 unspecified atom stereocenters. The summed E-state index contributed by atoms with van der Waals surface area (Å²) >= 11 is 0. The number of hydrogen-bond donors (Lipinski definition) is 2. The molecule has 66 valence electrons. The quantitative estimate of drug-likeness (QED) is 0.492. The van der Waals surface area contributed by atoms with E-state index in [1.54, 1.807) is 29.8 Å². The van der Waals surface area contributed by atoms with Crippen molar-refractivity contribution >= 4 is 23.8 Å². The molecule has 0 bridgehead atoms. The van der Waals surface area contributed by atoms with Crippen molar-refractivity contribution in [2.75, 3.05) is 5.73 Å². The van der Waals surface area contributed by atoms with E-state index in [-0.39, 0.29) is 0 Å². The maximum absolute atomic E-state index is 9.38. The third-order valence-electron chi connectivity index (χ3n) is 2.00. The van der Waals surface area contributed by atoms with E-state index in [1.165, 1.54) is 0 Å². The van der Waals surface area contributed by atoms with E-state index < -0.39 is 7.05 Å². The van der Waals surface area contributed by atoms with Crippen molar-refractivity contribution in [3.63, 3.8) is 0 Å². The zero-order chi connectivity index (χ0) is 9.42. The first-order valence-corrected chi connectivity index (χ1v) is 4.08. The molecule has 0 aliphatic rings. The van der Waals surface area contributed by atoms with E-state index in [4.69, 9.17) is 5.73 Å². The highest BCUT2D eigenvalue weighted by atomic mass is 16.2. The Kier molecular flexibility index (Phi) is 1.74. The lowest BCUT2D eigenvalue weighted by Crippen LogP contribution is -2.18. The van der Waals surface area contributed by atoms with Crippen LogP contribution in [0.25, 0.3) is 11.0 Å². The summed E-state index contributed by atoms with van der Waals surface area (Å²) in [6.45, 7) is 1.68. The Morgan fingerprint density at radius 2 is 2.31 bits per heavy atom. The molecule has 3 N–H and O–H groups in total. The molecule has 0 spiro atoms. The predicted octanol–water partition coefficient (Wildman–Crippen LogP) is 0.577. The fraction of sp³-hybridized carbons (Fsp3) is 0.125. The molecular formula is C8H10BN3O.